The Hall–Kier alpha value is -2.24. The van der Waals surface area contributed by atoms with E-state index >= 15 is 0 Å². The minimum Gasteiger partial charge on any atom is -0.454 e. The highest BCUT2D eigenvalue weighted by atomic mass is 16.7. The molecule has 0 atom stereocenters. The van der Waals surface area contributed by atoms with Gasteiger partial charge in [0.1, 0.15) is 0 Å². The third-order valence-corrected chi connectivity index (χ3v) is 4.22. The van der Waals surface area contributed by atoms with Crippen LogP contribution in [0.1, 0.15) is 36.5 Å². The first kappa shape index (κ1) is 15.6. The number of hydrogen-bond acceptors (Lipinski definition) is 4. The molecule has 124 valence electrons. The molecule has 6 heteroatoms. The van der Waals surface area contributed by atoms with Gasteiger partial charge in [-0.3, -0.25) is 9.59 Å². The van der Waals surface area contributed by atoms with Gasteiger partial charge in [-0.2, -0.15) is 0 Å². The van der Waals surface area contributed by atoms with Crippen molar-refractivity contribution in [2.75, 3.05) is 33.0 Å². The third kappa shape index (κ3) is 3.41. The third-order valence-electron chi connectivity index (χ3n) is 4.22. The van der Waals surface area contributed by atoms with Crippen LogP contribution in [0.5, 0.6) is 11.5 Å². The Bertz CT molecular complexity index is 602. The summed E-state index contributed by atoms with van der Waals surface area (Å²) in [5.41, 5.74) is 0.600. The first-order chi connectivity index (χ1) is 11.2. The summed E-state index contributed by atoms with van der Waals surface area (Å²) in [6.45, 7) is 4.78. The Morgan fingerprint density at radius 1 is 1.04 bits per heavy atom. The van der Waals surface area contributed by atoms with E-state index in [-0.39, 0.29) is 18.6 Å². The van der Waals surface area contributed by atoms with Gasteiger partial charge in [-0.1, -0.05) is 6.92 Å². The normalized spacial score (nSPS) is 17.1. The number of fused-ring (bicyclic) bond motifs is 1. The number of hydrogen-bond donors (Lipinski definition) is 0. The van der Waals surface area contributed by atoms with Crippen molar-refractivity contribution in [1.29, 1.82) is 0 Å². The maximum absolute atomic E-state index is 12.7. The van der Waals surface area contributed by atoms with E-state index in [1.807, 2.05) is 16.7 Å². The zero-order chi connectivity index (χ0) is 16.2. The molecule has 23 heavy (non-hydrogen) atoms. The fraction of sp³-hybridized carbons (Fsp3) is 0.529. The molecule has 1 aromatic carbocycles. The summed E-state index contributed by atoms with van der Waals surface area (Å²) in [7, 11) is 0. The van der Waals surface area contributed by atoms with E-state index in [1.165, 1.54) is 0 Å². The largest absolute Gasteiger partial charge is 0.454 e. The summed E-state index contributed by atoms with van der Waals surface area (Å²) in [5.74, 6) is 1.46. The van der Waals surface area contributed by atoms with Crippen molar-refractivity contribution in [2.45, 2.75) is 26.2 Å². The fourth-order valence-electron chi connectivity index (χ4n) is 2.95. The molecule has 2 aliphatic rings. The minimum atomic E-state index is -0.0203. The van der Waals surface area contributed by atoms with E-state index in [4.69, 9.17) is 9.47 Å². The SMILES string of the molecule is CCCC(=O)N1CCCN(C(=O)c2ccc3c(c2)OCO3)CC1. The molecule has 2 heterocycles. The Balaban J connectivity index is 1.65. The first-order valence-electron chi connectivity index (χ1n) is 8.15. The summed E-state index contributed by atoms with van der Waals surface area (Å²) in [6, 6.07) is 5.26. The molecule has 0 aliphatic carbocycles. The van der Waals surface area contributed by atoms with Gasteiger partial charge in [-0.15, -0.1) is 0 Å². The topological polar surface area (TPSA) is 59.1 Å². The van der Waals surface area contributed by atoms with Crippen molar-refractivity contribution in [3.63, 3.8) is 0 Å². The van der Waals surface area contributed by atoms with Crippen LogP contribution in [-0.2, 0) is 4.79 Å². The zero-order valence-corrected chi connectivity index (χ0v) is 13.4. The van der Waals surface area contributed by atoms with Crippen molar-refractivity contribution in [2.24, 2.45) is 0 Å². The lowest BCUT2D eigenvalue weighted by atomic mass is 10.1. The summed E-state index contributed by atoms with van der Waals surface area (Å²) in [6.07, 6.45) is 2.25. The predicted molar refractivity (Wildman–Crippen MR) is 84.6 cm³/mol. The van der Waals surface area contributed by atoms with Gasteiger partial charge in [-0.25, -0.2) is 0 Å². The summed E-state index contributed by atoms with van der Waals surface area (Å²) in [4.78, 5) is 28.4. The molecule has 0 spiro atoms. The molecule has 0 N–H and O–H groups in total. The number of amides is 2. The van der Waals surface area contributed by atoms with Gasteiger partial charge in [0, 0.05) is 38.2 Å². The Morgan fingerprint density at radius 3 is 2.61 bits per heavy atom. The average molecular weight is 318 g/mol. The van der Waals surface area contributed by atoms with Gasteiger partial charge in [0.25, 0.3) is 5.91 Å². The van der Waals surface area contributed by atoms with Crippen LogP contribution in [0.25, 0.3) is 0 Å². The number of rotatable bonds is 3. The van der Waals surface area contributed by atoms with E-state index in [2.05, 4.69) is 0 Å². The van der Waals surface area contributed by atoms with Crippen LogP contribution in [0, 0.1) is 0 Å². The molecule has 0 bridgehead atoms. The van der Waals surface area contributed by atoms with E-state index in [0.717, 1.165) is 19.4 Å². The molecule has 2 amide bonds. The van der Waals surface area contributed by atoms with Crippen molar-refractivity contribution in [1.82, 2.24) is 9.80 Å². The molecule has 3 rings (SSSR count). The molecule has 1 fully saturated rings. The molecule has 0 saturated carbocycles. The molecule has 1 aromatic rings. The number of nitrogens with zero attached hydrogens (tertiary/aromatic N) is 2. The quantitative estimate of drug-likeness (QED) is 0.854. The van der Waals surface area contributed by atoms with Gasteiger partial charge >= 0.3 is 0 Å². The highest BCUT2D eigenvalue weighted by Gasteiger charge is 2.24. The van der Waals surface area contributed by atoms with Crippen LogP contribution in [-0.4, -0.2) is 54.6 Å². The molecular weight excluding hydrogens is 296 g/mol. The molecule has 6 nitrogen and oxygen atoms in total. The number of ether oxygens (including phenoxy) is 2. The van der Waals surface area contributed by atoms with Crippen molar-refractivity contribution in [3.05, 3.63) is 23.8 Å². The van der Waals surface area contributed by atoms with Crippen LogP contribution in [0.3, 0.4) is 0 Å². The predicted octanol–water partition coefficient (Wildman–Crippen LogP) is 1.89. The first-order valence-corrected chi connectivity index (χ1v) is 8.15. The van der Waals surface area contributed by atoms with Crippen LogP contribution in [0.4, 0.5) is 0 Å². The van der Waals surface area contributed by atoms with Crippen molar-refractivity contribution >= 4 is 11.8 Å². The lowest BCUT2D eigenvalue weighted by molar-refractivity contribution is -0.131. The molecule has 0 radical (unpaired) electrons. The lowest BCUT2D eigenvalue weighted by Crippen LogP contribution is -2.37. The number of carbonyl (C=O) groups excluding carboxylic acids is 2. The van der Waals surface area contributed by atoms with Crippen LogP contribution >= 0.6 is 0 Å². The lowest BCUT2D eigenvalue weighted by Gasteiger charge is -2.22. The van der Waals surface area contributed by atoms with E-state index in [0.29, 0.717) is 43.1 Å². The summed E-state index contributed by atoms with van der Waals surface area (Å²) in [5, 5.41) is 0. The minimum absolute atomic E-state index is 0.0203. The van der Waals surface area contributed by atoms with E-state index in [9.17, 15) is 9.59 Å². The summed E-state index contributed by atoms with van der Waals surface area (Å²) >= 11 is 0. The number of carbonyl (C=O) groups is 2. The Labute approximate surface area is 136 Å². The summed E-state index contributed by atoms with van der Waals surface area (Å²) < 4.78 is 10.6. The smallest absolute Gasteiger partial charge is 0.254 e. The molecule has 1 saturated heterocycles. The van der Waals surface area contributed by atoms with Crippen LogP contribution in [0.15, 0.2) is 18.2 Å². The second-order valence-electron chi connectivity index (χ2n) is 5.84. The monoisotopic (exact) mass is 318 g/mol. The highest BCUT2D eigenvalue weighted by molar-refractivity contribution is 5.95. The van der Waals surface area contributed by atoms with Gasteiger partial charge < -0.3 is 19.3 Å². The van der Waals surface area contributed by atoms with Gasteiger partial charge in [0.2, 0.25) is 12.7 Å². The van der Waals surface area contributed by atoms with Crippen LogP contribution in [0.2, 0.25) is 0 Å². The van der Waals surface area contributed by atoms with Crippen LogP contribution < -0.4 is 9.47 Å². The molecular formula is C17H22N2O4. The Kier molecular flexibility index (Phi) is 4.69. The van der Waals surface area contributed by atoms with Crippen molar-refractivity contribution < 1.29 is 19.1 Å². The average Bonchev–Trinajstić information content (AvgIpc) is 2.88. The maximum atomic E-state index is 12.7. The van der Waals surface area contributed by atoms with Gasteiger partial charge in [-0.05, 0) is 31.0 Å². The molecule has 0 aromatic heterocycles. The second-order valence-corrected chi connectivity index (χ2v) is 5.84. The van der Waals surface area contributed by atoms with Gasteiger partial charge in [0.05, 0.1) is 0 Å². The number of benzene rings is 1. The maximum Gasteiger partial charge on any atom is 0.254 e. The van der Waals surface area contributed by atoms with E-state index < -0.39 is 0 Å². The van der Waals surface area contributed by atoms with Gasteiger partial charge in [0.15, 0.2) is 11.5 Å². The fourth-order valence-corrected chi connectivity index (χ4v) is 2.95. The Morgan fingerprint density at radius 2 is 1.78 bits per heavy atom. The van der Waals surface area contributed by atoms with Crippen molar-refractivity contribution in [3.8, 4) is 11.5 Å². The second kappa shape index (κ2) is 6.89. The molecule has 2 aliphatic heterocycles. The zero-order valence-electron chi connectivity index (χ0n) is 13.4. The highest BCUT2D eigenvalue weighted by Crippen LogP contribution is 2.32. The molecule has 0 unspecified atom stereocenters. The standard InChI is InChI=1S/C17H22N2O4/c1-2-4-16(20)18-7-3-8-19(10-9-18)17(21)13-5-6-14-15(11-13)23-12-22-14/h5-6,11H,2-4,7-10,12H2,1H3. The van der Waals surface area contributed by atoms with E-state index in [1.54, 1.807) is 18.2 Å².